The molecule has 47 heteroatoms. The second-order valence-corrected chi connectivity index (χ2v) is 38.5. The average molecular weight is 2070 g/mol. The van der Waals surface area contributed by atoms with Gasteiger partial charge in [0.15, 0.2) is 0 Å². The summed E-state index contributed by atoms with van der Waals surface area (Å²) in [6.07, 6.45) is 4.62. The van der Waals surface area contributed by atoms with Gasteiger partial charge in [-0.25, -0.2) is 28.7 Å². The minimum absolute atomic E-state index is 0.000946. The van der Waals surface area contributed by atoms with Crippen molar-refractivity contribution in [3.63, 3.8) is 0 Å². The van der Waals surface area contributed by atoms with Gasteiger partial charge < -0.3 is 66.2 Å². The predicted octanol–water partition coefficient (Wildman–Crippen LogP) is 8.50. The molecule has 10 N–H and O–H groups in total. The lowest BCUT2D eigenvalue weighted by atomic mass is 9.97. The van der Waals surface area contributed by atoms with E-state index in [9.17, 15) is 93.5 Å². The summed E-state index contributed by atoms with van der Waals surface area (Å²) in [7, 11) is 3.98. The number of halogens is 8. The molecule has 0 spiro atoms. The summed E-state index contributed by atoms with van der Waals surface area (Å²) >= 11 is 0. The van der Waals surface area contributed by atoms with Crippen LogP contribution in [0.1, 0.15) is 187 Å². The first-order valence-electron chi connectivity index (χ1n) is 49.3. The molecule has 11 amide bonds. The molecule has 6 saturated heterocycles. The Hall–Kier alpha value is -15.1. The zero-order chi connectivity index (χ0) is 106. The number of nitrogens with one attached hydrogen (secondary N) is 9. The molecule has 149 heavy (non-hydrogen) atoms. The van der Waals surface area contributed by atoms with Crippen molar-refractivity contribution in [1.29, 1.82) is 0 Å². The van der Waals surface area contributed by atoms with E-state index in [1.807, 2.05) is 90.8 Å². The number of piperazine rings is 4. The number of fused-ring (bicyclic) bond motifs is 2. The Morgan fingerprint density at radius 3 is 1.23 bits per heavy atom. The SMILES string of the molecule is C[C@@H]1CN(c2cc(F)c(C3=CCN(c4ncc(CN5CCN(C(=O)CCCNc6cccc7c6C(=O)N(C6CCC(=O)NC6=O)C7=O)CC5)cn4)CC3)cc2NC(=O)c2c[nH]c(=O)cc2C(F)(F)F)C[C@H](C)N1C.C[C@@H]1CN(c2cc(F)c(C3=CCN(c4ncc(CN5CCNCC5)cn4)CC3)cc2NC(=O)c2c[nH]c(=O)cc2C(F)(F)F)C[C@H](C)N1C.O=C(O)CCCNc1cccc2c1C(=O)N(C1CCC(=O)NC1=O)C2=O. The van der Waals surface area contributed by atoms with Crippen molar-refractivity contribution < 1.29 is 97.8 Å². The Labute approximate surface area is 849 Å². The monoisotopic (exact) mass is 2070 g/mol. The maximum Gasteiger partial charge on any atom is 0.417 e. The molecule has 2 unspecified atom stereocenters. The number of nitrogens with zero attached hydrogens (tertiary/aromatic N) is 15. The number of carbonyl (C=O) groups excluding carboxylic acids is 11. The number of aromatic nitrogens is 6. The number of anilines is 8. The maximum absolute atomic E-state index is 16.2. The second kappa shape index (κ2) is 45.7. The molecule has 10 aliphatic rings. The van der Waals surface area contributed by atoms with E-state index in [4.69, 9.17) is 5.11 Å². The number of alkyl halides is 6. The molecule has 39 nitrogen and oxygen atoms in total. The van der Waals surface area contributed by atoms with Gasteiger partial charge in [-0.2, -0.15) is 26.3 Å². The molecule has 0 radical (unpaired) electrons. The van der Waals surface area contributed by atoms with E-state index in [2.05, 4.69) is 86.7 Å². The van der Waals surface area contributed by atoms with Gasteiger partial charge in [0.05, 0.1) is 67.3 Å². The van der Waals surface area contributed by atoms with E-state index in [0.717, 1.165) is 66.0 Å². The summed E-state index contributed by atoms with van der Waals surface area (Å²) in [5.74, 6) is -7.68. The summed E-state index contributed by atoms with van der Waals surface area (Å²) in [6.45, 7) is 20.0. The minimum atomic E-state index is -4.98. The standard InChI is InChI=1S/C51H56F4N12O7.C34H41F4N9O2.C17H17N3O6/c1-29-26-66(27-30(2)62(29)3)41-22-37(52)34(20-39(41)60-46(71)35-25-57-43(69)21-36(35)51(53,54)55)32-11-14-65(15-12-32)50-58-23-31(24-59-50)28-63-16-18-64(19-17-63)44(70)8-5-13-56-38-7-4-6-33-45(38)49(74)67(48(33)73)40-9-10-42(68)61-47(40)72;1-21-18-47(19-22(2)44(21)3)30-14-28(35)25(12-29(30)43-32(49)26-17-40-31(48)13-27(26)34(36,37)38)24-4-8-46(9-5-24)33-41-15-23(16-42-33)20-45-10-6-39-7-11-45;21-12-7-6-11(15(24)19-12)20-16(25)9-3-1-4-10(14(9)17(20)26)18-8-2-5-13(22)23/h4,6-7,11,20-25,29-30,40,56H,5,8-10,12-19,26-28H2,1-3H3,(H,57,69)(H,60,71)(H,61,68,72);4,12-17,21-22,39H,5-11,18-20H2,1-3H3,(H,40,48)(H,43,49);1,3-4,11,18H,2,5-8H2,(H,22,23)(H,19,21,24)/t29-,30+,40?;21-,22+;. The highest BCUT2D eigenvalue weighted by Gasteiger charge is 2.49. The van der Waals surface area contributed by atoms with Crippen molar-refractivity contribution in [2.24, 2.45) is 0 Å². The van der Waals surface area contributed by atoms with Crippen LogP contribution in [0.25, 0.3) is 11.1 Å². The third kappa shape index (κ3) is 24.5. The number of aliphatic carboxylic acids is 1. The molecule has 6 fully saturated rings. The zero-order valence-corrected chi connectivity index (χ0v) is 82.6. The summed E-state index contributed by atoms with van der Waals surface area (Å²) in [5, 5.41) is 27.8. The van der Waals surface area contributed by atoms with E-state index in [0.29, 0.717) is 182 Å². The number of carboxylic acid groups (broad SMARTS) is 1. The van der Waals surface area contributed by atoms with E-state index >= 15 is 8.78 Å². The Kier molecular flexibility index (Phi) is 32.7. The largest absolute Gasteiger partial charge is 0.481 e. The Bertz CT molecular complexity index is 6690. The number of H-pyrrole nitrogens is 2. The van der Waals surface area contributed by atoms with Crippen LogP contribution in [0.2, 0.25) is 0 Å². The van der Waals surface area contributed by atoms with Crippen LogP contribution in [0.15, 0.2) is 132 Å². The molecule has 0 aliphatic carbocycles. The number of benzene rings is 4. The molecule has 0 bridgehead atoms. The smallest absolute Gasteiger partial charge is 0.417 e. The number of imide groups is 4. The number of aromatic amines is 2. The molecule has 8 aromatic rings. The molecule has 4 aromatic heterocycles. The van der Waals surface area contributed by atoms with Crippen LogP contribution in [0, 0.1) is 11.6 Å². The molecule has 18 rings (SSSR count). The number of pyridine rings is 2. The average Bonchev–Trinajstić information content (AvgIpc) is 1.62. The topological polar surface area (TPSA) is 462 Å². The Balaban J connectivity index is 0.000000180. The van der Waals surface area contributed by atoms with Crippen molar-refractivity contribution in [3.8, 4) is 0 Å². The molecule has 788 valence electrons. The van der Waals surface area contributed by atoms with Crippen LogP contribution in [0.4, 0.5) is 81.1 Å². The predicted molar refractivity (Wildman–Crippen MR) is 534 cm³/mol. The number of carbonyl (C=O) groups is 12. The molecular weight excluding hydrogens is 1950 g/mol. The molecule has 4 aromatic carbocycles. The fraction of sp³-hybridized carbons (Fsp3) is 0.431. The maximum atomic E-state index is 16.2. The lowest BCUT2D eigenvalue weighted by Gasteiger charge is -2.44. The van der Waals surface area contributed by atoms with Crippen LogP contribution < -0.4 is 67.9 Å². The fourth-order valence-electron chi connectivity index (χ4n) is 20.0. The van der Waals surface area contributed by atoms with Gasteiger partial charge in [-0.3, -0.25) is 107 Å². The lowest BCUT2D eigenvalue weighted by molar-refractivity contribution is -0.138. The van der Waals surface area contributed by atoms with Gasteiger partial charge >= 0.3 is 18.3 Å². The van der Waals surface area contributed by atoms with Gasteiger partial charge in [0, 0.05) is 264 Å². The highest BCUT2D eigenvalue weighted by atomic mass is 19.4. The van der Waals surface area contributed by atoms with Crippen LogP contribution in [0.5, 0.6) is 0 Å². The Morgan fingerprint density at radius 1 is 0.463 bits per heavy atom. The first kappa shape index (κ1) is 107. The van der Waals surface area contributed by atoms with Gasteiger partial charge in [0.2, 0.25) is 52.6 Å². The normalized spacial score (nSPS) is 20.7. The molecule has 10 aliphatic heterocycles. The van der Waals surface area contributed by atoms with Crippen molar-refractivity contribution in [2.45, 2.75) is 154 Å². The third-order valence-corrected chi connectivity index (χ3v) is 28.5. The van der Waals surface area contributed by atoms with E-state index in [-0.39, 0.29) is 113 Å². The van der Waals surface area contributed by atoms with Crippen LogP contribution in [-0.4, -0.2) is 308 Å². The lowest BCUT2D eigenvalue weighted by Crippen LogP contribution is -2.55. The number of rotatable bonds is 26. The molecule has 6 atom stereocenters. The second-order valence-electron chi connectivity index (χ2n) is 38.5. The number of likely N-dealkylation sites (N-methyl/N-ethyl adjacent to an activating group) is 2. The highest BCUT2D eigenvalue weighted by molar-refractivity contribution is 6.27. The van der Waals surface area contributed by atoms with Crippen LogP contribution in [0.3, 0.4) is 0 Å². The zero-order valence-electron chi connectivity index (χ0n) is 82.6. The number of hydrogen-bond acceptors (Lipinski definition) is 29. The molecular formula is C102H114F8N24O15. The Morgan fingerprint density at radius 2 is 0.859 bits per heavy atom. The highest BCUT2D eigenvalue weighted by Crippen LogP contribution is 2.43. The van der Waals surface area contributed by atoms with E-state index in [1.165, 1.54) is 36.4 Å². The summed E-state index contributed by atoms with van der Waals surface area (Å²) in [5.41, 5.74) is -0.0260. The first-order chi connectivity index (χ1) is 71.1. The fourth-order valence-corrected chi connectivity index (χ4v) is 20.0. The molecule has 14 heterocycles. The van der Waals surface area contributed by atoms with E-state index < -0.39 is 134 Å². The van der Waals surface area contributed by atoms with Gasteiger partial charge in [0.1, 0.15) is 23.7 Å². The van der Waals surface area contributed by atoms with Crippen LogP contribution in [-0.2, 0) is 54.2 Å². The van der Waals surface area contributed by atoms with Crippen molar-refractivity contribution >= 4 is 128 Å². The first-order valence-corrected chi connectivity index (χ1v) is 49.3. The van der Waals surface area contributed by atoms with Crippen molar-refractivity contribution in [1.82, 2.24) is 80.2 Å². The minimum Gasteiger partial charge on any atom is -0.481 e. The number of hydrogen-bond donors (Lipinski definition) is 10. The van der Waals surface area contributed by atoms with Gasteiger partial charge in [-0.15, -0.1) is 0 Å². The number of amides is 11. The third-order valence-electron chi connectivity index (χ3n) is 28.5. The summed E-state index contributed by atoms with van der Waals surface area (Å²) in [4.78, 5) is 217. The number of piperidine rings is 2. The van der Waals surface area contributed by atoms with Gasteiger partial charge in [-0.05, 0) is 140 Å². The quantitative estimate of drug-likeness (QED) is 0.0138. The van der Waals surface area contributed by atoms with Gasteiger partial charge in [0.25, 0.3) is 35.4 Å². The molecule has 0 saturated carbocycles. The number of carboxylic acids is 1. The van der Waals surface area contributed by atoms with Gasteiger partial charge in [-0.1, -0.05) is 24.3 Å². The van der Waals surface area contributed by atoms with Crippen molar-refractivity contribution in [3.05, 3.63) is 221 Å². The summed E-state index contributed by atoms with van der Waals surface area (Å²) in [6, 6.07) is 14.1. The summed E-state index contributed by atoms with van der Waals surface area (Å²) < 4.78 is 116. The van der Waals surface area contributed by atoms with Crippen molar-refractivity contribution in [2.75, 3.05) is 173 Å². The van der Waals surface area contributed by atoms with Crippen LogP contribution >= 0.6 is 0 Å². The van der Waals surface area contributed by atoms with E-state index in [1.54, 1.807) is 36.7 Å².